The number of hydrogen-bond acceptors (Lipinski definition) is 7. The average Bonchev–Trinajstić information content (AvgIpc) is 2.77. The van der Waals surface area contributed by atoms with Gasteiger partial charge >= 0.3 is 0 Å². The summed E-state index contributed by atoms with van der Waals surface area (Å²) in [6.07, 6.45) is 1.35. The Kier molecular flexibility index (Phi) is 7.84. The van der Waals surface area contributed by atoms with Crippen molar-refractivity contribution in [1.82, 2.24) is 14.6 Å². The van der Waals surface area contributed by atoms with Crippen LogP contribution in [0.5, 0.6) is 11.5 Å². The Morgan fingerprint density at radius 2 is 1.84 bits per heavy atom. The van der Waals surface area contributed by atoms with E-state index < -0.39 is 10.0 Å². The zero-order valence-corrected chi connectivity index (χ0v) is 19.0. The number of hydrazone groups is 1. The van der Waals surface area contributed by atoms with Crippen LogP contribution in [0.15, 0.2) is 52.5 Å². The van der Waals surface area contributed by atoms with Crippen molar-refractivity contribution in [3.05, 3.63) is 53.6 Å². The number of para-hydroxylation sites is 1. The highest BCUT2D eigenvalue weighted by Gasteiger charge is 2.28. The molecule has 10 heteroatoms. The Balaban J connectivity index is 1.49. The fourth-order valence-electron chi connectivity index (χ4n) is 3.32. The summed E-state index contributed by atoms with van der Waals surface area (Å²) in [5, 5.41) is 14.0. The molecule has 9 nitrogen and oxygen atoms in total. The molecule has 0 radical (unpaired) electrons. The first kappa shape index (κ1) is 23.7. The quantitative estimate of drug-likeness (QED) is 0.457. The number of phenolic OH excluding ortho intramolecular Hbond substituents is 1. The summed E-state index contributed by atoms with van der Waals surface area (Å²) in [4.78, 5) is 14.4. The minimum atomic E-state index is -3.54. The molecule has 0 atom stereocenters. The molecule has 0 spiro atoms. The molecule has 1 aliphatic rings. The molecule has 0 aliphatic carbocycles. The third-order valence-corrected chi connectivity index (χ3v) is 6.99. The number of aryl methyl sites for hydroxylation is 1. The highest BCUT2D eigenvalue weighted by molar-refractivity contribution is 7.89. The zero-order chi connectivity index (χ0) is 23.1. The lowest BCUT2D eigenvalue weighted by molar-refractivity contribution is -0.122. The number of carbonyl (C=O) groups excluding carboxylic acids is 1. The fourth-order valence-corrected chi connectivity index (χ4v) is 4.74. The van der Waals surface area contributed by atoms with Crippen LogP contribution in [0.3, 0.4) is 0 Å². The van der Waals surface area contributed by atoms with Gasteiger partial charge in [-0.3, -0.25) is 9.69 Å². The van der Waals surface area contributed by atoms with Gasteiger partial charge in [-0.2, -0.15) is 9.41 Å². The van der Waals surface area contributed by atoms with Crippen molar-refractivity contribution in [2.75, 3.05) is 39.3 Å². The fraction of sp³-hybridized carbons (Fsp3) is 0.364. The van der Waals surface area contributed by atoms with E-state index in [1.165, 1.54) is 10.5 Å². The van der Waals surface area contributed by atoms with Crippen molar-refractivity contribution < 1.29 is 23.1 Å². The van der Waals surface area contributed by atoms with E-state index in [1.54, 1.807) is 42.5 Å². The van der Waals surface area contributed by atoms with Gasteiger partial charge in [-0.05, 0) is 38.1 Å². The molecule has 1 saturated heterocycles. The second kappa shape index (κ2) is 10.6. The molecular weight excluding hydrogens is 432 g/mol. The number of aromatic hydroxyl groups is 1. The van der Waals surface area contributed by atoms with Crippen LogP contribution >= 0.6 is 0 Å². The maximum atomic E-state index is 12.8. The maximum Gasteiger partial charge on any atom is 0.254 e. The largest absolute Gasteiger partial charge is 0.504 e. The summed E-state index contributed by atoms with van der Waals surface area (Å²) in [5.41, 5.74) is 3.86. The Morgan fingerprint density at radius 3 is 2.50 bits per heavy atom. The van der Waals surface area contributed by atoms with Crippen LogP contribution in [0.2, 0.25) is 0 Å². The van der Waals surface area contributed by atoms with E-state index in [0.717, 1.165) is 5.56 Å². The minimum absolute atomic E-state index is 0.0433. The molecule has 0 saturated carbocycles. The van der Waals surface area contributed by atoms with Crippen molar-refractivity contribution in [1.29, 1.82) is 0 Å². The van der Waals surface area contributed by atoms with Crippen LogP contribution in [0.4, 0.5) is 0 Å². The van der Waals surface area contributed by atoms with Crippen molar-refractivity contribution in [2.24, 2.45) is 5.10 Å². The molecule has 2 aromatic rings. The summed E-state index contributed by atoms with van der Waals surface area (Å²) in [6, 6.07) is 11.8. The Bertz CT molecular complexity index is 1060. The average molecular weight is 461 g/mol. The number of benzene rings is 2. The van der Waals surface area contributed by atoms with Crippen LogP contribution in [0.25, 0.3) is 0 Å². The van der Waals surface area contributed by atoms with Gasteiger partial charge < -0.3 is 9.84 Å². The molecule has 2 N–H and O–H groups in total. The number of carbonyl (C=O) groups is 1. The molecule has 172 valence electrons. The van der Waals surface area contributed by atoms with Gasteiger partial charge in [0.25, 0.3) is 5.91 Å². The molecule has 1 aliphatic heterocycles. The number of piperazine rings is 1. The predicted molar refractivity (Wildman–Crippen MR) is 121 cm³/mol. The van der Waals surface area contributed by atoms with Crippen molar-refractivity contribution in [2.45, 2.75) is 18.7 Å². The van der Waals surface area contributed by atoms with E-state index >= 15 is 0 Å². The summed E-state index contributed by atoms with van der Waals surface area (Å²) in [6.45, 7) is 5.75. The monoisotopic (exact) mass is 460 g/mol. The lowest BCUT2D eigenvalue weighted by Crippen LogP contribution is -2.50. The second-order valence-corrected chi connectivity index (χ2v) is 9.35. The summed E-state index contributed by atoms with van der Waals surface area (Å²) in [7, 11) is -3.54. The first-order chi connectivity index (χ1) is 15.3. The summed E-state index contributed by atoms with van der Waals surface area (Å²) in [5.74, 6) is -0.0176. The molecule has 1 heterocycles. The first-order valence-corrected chi connectivity index (χ1v) is 11.8. The Morgan fingerprint density at radius 1 is 1.16 bits per heavy atom. The molecule has 0 bridgehead atoms. The third kappa shape index (κ3) is 5.84. The van der Waals surface area contributed by atoms with Gasteiger partial charge in [0.2, 0.25) is 10.0 Å². The van der Waals surface area contributed by atoms with Crippen molar-refractivity contribution in [3.8, 4) is 11.5 Å². The SMILES string of the molecule is CCOc1cccc(/C=N\NC(=O)CN2CCN(S(=O)(=O)c3ccc(C)cc3)CC2)c1O. The Hall–Kier alpha value is -2.95. The van der Waals surface area contributed by atoms with Gasteiger partial charge in [0, 0.05) is 31.7 Å². The molecule has 32 heavy (non-hydrogen) atoms. The number of nitrogens with one attached hydrogen (secondary N) is 1. The van der Waals surface area contributed by atoms with Crippen LogP contribution < -0.4 is 10.2 Å². The van der Waals surface area contributed by atoms with Gasteiger partial charge in [-0.15, -0.1) is 0 Å². The molecule has 0 unspecified atom stereocenters. The summed E-state index contributed by atoms with van der Waals surface area (Å²) < 4.78 is 32.3. The van der Waals surface area contributed by atoms with E-state index in [1.807, 2.05) is 18.7 Å². The summed E-state index contributed by atoms with van der Waals surface area (Å²) >= 11 is 0. The molecule has 2 aromatic carbocycles. The number of amides is 1. The normalized spacial score (nSPS) is 15.7. The van der Waals surface area contributed by atoms with E-state index in [0.29, 0.717) is 44.1 Å². The van der Waals surface area contributed by atoms with Gasteiger partial charge in [-0.1, -0.05) is 23.8 Å². The standard InChI is InChI=1S/C22H28N4O5S/c1-3-31-20-6-4-5-18(22(20)28)15-23-24-21(27)16-25-11-13-26(14-12-25)32(29,30)19-9-7-17(2)8-10-19/h4-10,15,28H,3,11-14,16H2,1-2H3,(H,24,27)/b23-15-. The van der Waals surface area contributed by atoms with Crippen LogP contribution in [0, 0.1) is 6.92 Å². The van der Waals surface area contributed by atoms with Gasteiger partial charge in [0.05, 0.1) is 24.3 Å². The number of rotatable bonds is 8. The van der Waals surface area contributed by atoms with Crippen LogP contribution in [0.1, 0.15) is 18.1 Å². The predicted octanol–water partition coefficient (Wildman–Crippen LogP) is 1.56. The number of ether oxygens (including phenoxy) is 1. The first-order valence-electron chi connectivity index (χ1n) is 10.4. The number of nitrogens with zero attached hydrogens (tertiary/aromatic N) is 3. The third-order valence-electron chi connectivity index (χ3n) is 5.08. The van der Waals surface area contributed by atoms with Crippen molar-refractivity contribution >= 4 is 22.1 Å². The number of hydrogen-bond donors (Lipinski definition) is 2. The molecule has 0 aromatic heterocycles. The van der Waals surface area contributed by atoms with Crippen molar-refractivity contribution in [3.63, 3.8) is 0 Å². The molecule has 1 amide bonds. The van der Waals surface area contributed by atoms with Gasteiger partial charge in [0.1, 0.15) is 0 Å². The van der Waals surface area contributed by atoms with E-state index in [9.17, 15) is 18.3 Å². The number of sulfonamides is 1. The second-order valence-electron chi connectivity index (χ2n) is 7.41. The Labute approximate surface area is 188 Å². The smallest absolute Gasteiger partial charge is 0.254 e. The van der Waals surface area contributed by atoms with E-state index in [-0.39, 0.29) is 23.1 Å². The lowest BCUT2D eigenvalue weighted by Gasteiger charge is -2.33. The van der Waals surface area contributed by atoms with Crippen LogP contribution in [-0.4, -0.2) is 74.2 Å². The lowest BCUT2D eigenvalue weighted by atomic mass is 10.2. The zero-order valence-electron chi connectivity index (χ0n) is 18.2. The van der Waals surface area contributed by atoms with E-state index in [4.69, 9.17) is 4.74 Å². The number of phenols is 1. The van der Waals surface area contributed by atoms with E-state index in [2.05, 4.69) is 10.5 Å². The maximum absolute atomic E-state index is 12.8. The highest BCUT2D eigenvalue weighted by Crippen LogP contribution is 2.28. The minimum Gasteiger partial charge on any atom is -0.504 e. The van der Waals surface area contributed by atoms with Crippen LogP contribution in [-0.2, 0) is 14.8 Å². The highest BCUT2D eigenvalue weighted by atomic mass is 32.2. The van der Waals surface area contributed by atoms with Gasteiger partial charge in [-0.25, -0.2) is 13.8 Å². The molecule has 3 rings (SSSR count). The topological polar surface area (TPSA) is 112 Å². The molecule has 1 fully saturated rings. The van der Waals surface area contributed by atoms with Gasteiger partial charge in [0.15, 0.2) is 11.5 Å². The molecular formula is C22H28N4O5S.